The van der Waals surface area contributed by atoms with Gasteiger partial charge in [0, 0.05) is 41.1 Å². The van der Waals surface area contributed by atoms with Crippen molar-refractivity contribution in [2.24, 2.45) is 11.8 Å². The van der Waals surface area contributed by atoms with Crippen LogP contribution in [-0.2, 0) is 10.2 Å². The number of aliphatic hydroxyl groups excluding tert-OH is 2. The van der Waals surface area contributed by atoms with Crippen molar-refractivity contribution >= 4 is 21.9 Å². The van der Waals surface area contributed by atoms with Gasteiger partial charge < -0.3 is 19.8 Å². The van der Waals surface area contributed by atoms with Gasteiger partial charge in [0.2, 0.25) is 0 Å². The molecule has 2 saturated heterocycles. The molecule has 3 heterocycles. The van der Waals surface area contributed by atoms with Crippen LogP contribution in [0.5, 0.6) is 5.75 Å². The highest BCUT2D eigenvalue weighted by atomic mass is 32.2. The number of nitrogens with one attached hydrogen (secondary N) is 1. The maximum Gasteiger partial charge on any atom is 0.304 e. The smallest absolute Gasteiger partial charge is 0.304 e. The standard InChI is InChI=1S/C27H37FN4O6S.3H2/c1-16(2)15-38-20-9-18(8-19(28)10-20)22-7-6-21(25(29-22)32-12-17(3)11-27(32,4)5)26(35)30-39(36,37)31-13-23(33)24(34)14-31;;;/h6-10,16-17,23-24,33-34H,11-15H2,1-5H3,(H,30,35);3*1H/t17-,23-,24+;;;/m0.../s1. The van der Waals surface area contributed by atoms with Crippen molar-refractivity contribution in [3.05, 3.63) is 41.7 Å². The van der Waals surface area contributed by atoms with Crippen LogP contribution in [0.3, 0.4) is 0 Å². The number of anilines is 1. The number of hydrogen-bond acceptors (Lipinski definition) is 8. The third-order valence-electron chi connectivity index (χ3n) is 6.99. The van der Waals surface area contributed by atoms with E-state index in [1.165, 1.54) is 18.2 Å². The van der Waals surface area contributed by atoms with Gasteiger partial charge in [0.15, 0.2) is 0 Å². The van der Waals surface area contributed by atoms with Crippen molar-refractivity contribution < 1.29 is 36.8 Å². The fourth-order valence-electron chi connectivity index (χ4n) is 5.18. The number of aliphatic hydroxyl groups is 2. The van der Waals surface area contributed by atoms with Gasteiger partial charge in [0.1, 0.15) is 17.4 Å². The van der Waals surface area contributed by atoms with E-state index in [0.717, 1.165) is 10.7 Å². The molecule has 2 fully saturated rings. The normalized spacial score (nSPS) is 23.4. The molecule has 0 saturated carbocycles. The Morgan fingerprint density at radius 1 is 1.21 bits per heavy atom. The summed E-state index contributed by atoms with van der Waals surface area (Å²) in [6.07, 6.45) is -1.64. The quantitative estimate of drug-likeness (QED) is 0.441. The summed E-state index contributed by atoms with van der Waals surface area (Å²) in [5.41, 5.74) is 0.520. The third kappa shape index (κ3) is 6.51. The molecule has 1 aromatic carbocycles. The highest BCUT2D eigenvalue weighted by Gasteiger charge is 2.41. The zero-order valence-corrected chi connectivity index (χ0v) is 23.7. The molecule has 12 heteroatoms. The molecule has 0 bridgehead atoms. The number of aromatic nitrogens is 1. The van der Waals surface area contributed by atoms with Gasteiger partial charge in [-0.25, -0.2) is 14.1 Å². The summed E-state index contributed by atoms with van der Waals surface area (Å²) in [4.78, 5) is 20.1. The number of benzene rings is 1. The van der Waals surface area contributed by atoms with Gasteiger partial charge in [0.25, 0.3) is 5.91 Å². The van der Waals surface area contributed by atoms with E-state index in [1.54, 1.807) is 12.1 Å². The van der Waals surface area contributed by atoms with Crippen LogP contribution in [0.1, 0.15) is 55.7 Å². The Kier molecular flexibility index (Phi) is 8.23. The highest BCUT2D eigenvalue weighted by molar-refractivity contribution is 7.87. The summed E-state index contributed by atoms with van der Waals surface area (Å²) in [7, 11) is -4.34. The van der Waals surface area contributed by atoms with Crippen LogP contribution in [0.4, 0.5) is 10.2 Å². The van der Waals surface area contributed by atoms with Crippen LogP contribution in [0.2, 0.25) is 0 Å². The van der Waals surface area contributed by atoms with E-state index in [4.69, 9.17) is 9.72 Å². The summed E-state index contributed by atoms with van der Waals surface area (Å²) < 4.78 is 48.9. The lowest BCUT2D eigenvalue weighted by molar-refractivity contribution is 0.0572. The van der Waals surface area contributed by atoms with Crippen molar-refractivity contribution in [2.45, 2.75) is 58.8 Å². The SMILES string of the molecule is CC(C)COc1cc(F)cc(-c2ccc(C(=O)NS(=O)(=O)N3C[C@@H](O)[C@@H](O)C3)c(N3C[C@@H](C)CC3(C)C)n2)c1.[HH].[HH].[HH]. The van der Waals surface area contributed by atoms with Crippen LogP contribution < -0.4 is 14.4 Å². The minimum Gasteiger partial charge on any atom is -0.493 e. The summed E-state index contributed by atoms with van der Waals surface area (Å²) >= 11 is 0. The number of amides is 1. The molecule has 3 N–H and O–H groups in total. The van der Waals surface area contributed by atoms with Crippen molar-refractivity contribution in [3.8, 4) is 17.0 Å². The highest BCUT2D eigenvalue weighted by Crippen LogP contribution is 2.38. The van der Waals surface area contributed by atoms with Gasteiger partial charge in [-0.1, -0.05) is 20.8 Å². The molecular weight excluding hydrogens is 527 g/mol. The molecule has 10 nitrogen and oxygen atoms in total. The molecule has 0 unspecified atom stereocenters. The van der Waals surface area contributed by atoms with Gasteiger partial charge in [-0.2, -0.15) is 12.7 Å². The second kappa shape index (κ2) is 11.0. The van der Waals surface area contributed by atoms with Crippen molar-refractivity contribution in [3.63, 3.8) is 0 Å². The first-order chi connectivity index (χ1) is 18.2. The first kappa shape index (κ1) is 29.2. The number of carbonyl (C=O) groups is 1. The number of pyridine rings is 1. The Balaban J connectivity index is 0.00000294. The van der Waals surface area contributed by atoms with Gasteiger partial charge >= 0.3 is 10.2 Å². The van der Waals surface area contributed by atoms with E-state index in [2.05, 4.69) is 11.6 Å². The van der Waals surface area contributed by atoms with Crippen molar-refractivity contribution in [2.75, 3.05) is 31.1 Å². The number of β-amino-alcohol motifs (C(OH)–C–C–N with tert-alkyl or cyclic N) is 2. The monoisotopic (exact) mass is 570 g/mol. The Hall–Kier alpha value is -2.80. The number of ether oxygens (including phenoxy) is 1. The molecule has 0 spiro atoms. The second-order valence-corrected chi connectivity index (χ2v) is 13.2. The number of halogens is 1. The van der Waals surface area contributed by atoms with Crippen LogP contribution in [0, 0.1) is 17.7 Å². The molecule has 2 aromatic rings. The molecule has 3 atom stereocenters. The Morgan fingerprint density at radius 2 is 1.87 bits per heavy atom. The molecular formula is C27H43FN4O6S. The first-order valence-electron chi connectivity index (χ1n) is 13.1. The molecule has 2 aliphatic heterocycles. The number of nitrogens with zero attached hydrogens (tertiary/aromatic N) is 3. The predicted octanol–water partition coefficient (Wildman–Crippen LogP) is 3.30. The van der Waals surface area contributed by atoms with E-state index in [1.807, 2.05) is 32.6 Å². The topological polar surface area (TPSA) is 132 Å². The molecule has 4 rings (SSSR count). The average molecular weight is 571 g/mol. The fourth-order valence-corrected chi connectivity index (χ4v) is 6.35. The lowest BCUT2D eigenvalue weighted by Crippen LogP contribution is -2.44. The summed E-state index contributed by atoms with van der Waals surface area (Å²) in [6, 6.07) is 7.34. The summed E-state index contributed by atoms with van der Waals surface area (Å²) in [5, 5.41) is 19.5. The molecule has 2 aliphatic rings. The van der Waals surface area contributed by atoms with Crippen LogP contribution in [0.25, 0.3) is 11.3 Å². The molecule has 0 aliphatic carbocycles. The third-order valence-corrected chi connectivity index (χ3v) is 8.41. The molecule has 1 amide bonds. The zero-order chi connectivity index (χ0) is 28.7. The molecule has 39 heavy (non-hydrogen) atoms. The van der Waals surface area contributed by atoms with Gasteiger partial charge in [-0.3, -0.25) is 4.79 Å². The maximum atomic E-state index is 14.5. The average Bonchev–Trinajstić information content (AvgIpc) is 3.33. The van der Waals surface area contributed by atoms with Gasteiger partial charge in [-0.15, -0.1) is 0 Å². The van der Waals surface area contributed by atoms with E-state index >= 15 is 0 Å². The Labute approximate surface area is 233 Å². The van der Waals surface area contributed by atoms with E-state index in [-0.39, 0.29) is 40.2 Å². The number of carbonyl (C=O) groups excluding carboxylic acids is 1. The molecule has 0 radical (unpaired) electrons. The zero-order valence-electron chi connectivity index (χ0n) is 22.9. The number of rotatable bonds is 8. The molecule has 220 valence electrons. The van der Waals surface area contributed by atoms with E-state index < -0.39 is 34.1 Å². The summed E-state index contributed by atoms with van der Waals surface area (Å²) in [5.74, 6) is -0.196. The van der Waals surface area contributed by atoms with Crippen LogP contribution >= 0.6 is 0 Å². The summed E-state index contributed by atoms with van der Waals surface area (Å²) in [6.45, 7) is 10.5. The fraction of sp³-hybridized carbons (Fsp3) is 0.556. The second-order valence-electron chi connectivity index (χ2n) is 11.6. The van der Waals surface area contributed by atoms with Crippen LogP contribution in [-0.4, -0.2) is 77.8 Å². The predicted molar refractivity (Wildman–Crippen MR) is 151 cm³/mol. The molecule has 1 aromatic heterocycles. The Morgan fingerprint density at radius 3 is 2.46 bits per heavy atom. The van der Waals surface area contributed by atoms with Crippen molar-refractivity contribution in [1.29, 1.82) is 0 Å². The van der Waals surface area contributed by atoms with Gasteiger partial charge in [-0.05, 0) is 56.4 Å². The lowest BCUT2D eigenvalue weighted by atomic mass is 9.97. The Bertz CT molecular complexity index is 1340. The van der Waals surface area contributed by atoms with Gasteiger partial charge in [0.05, 0.1) is 30.1 Å². The number of hydrogen-bond donors (Lipinski definition) is 3. The minimum atomic E-state index is -4.34. The van der Waals surface area contributed by atoms with Crippen LogP contribution in [0.15, 0.2) is 30.3 Å². The maximum absolute atomic E-state index is 14.5. The van der Waals surface area contributed by atoms with E-state index in [9.17, 15) is 27.8 Å². The first-order valence-corrected chi connectivity index (χ1v) is 14.5. The lowest BCUT2D eigenvalue weighted by Gasteiger charge is -2.34. The minimum absolute atomic E-state index is 0. The van der Waals surface area contributed by atoms with Crippen molar-refractivity contribution in [1.82, 2.24) is 14.0 Å². The largest absolute Gasteiger partial charge is 0.493 e. The van der Waals surface area contributed by atoms with E-state index in [0.29, 0.717) is 36.1 Å².